The van der Waals surface area contributed by atoms with Crippen LogP contribution in [-0.2, 0) is 10.1 Å². The van der Waals surface area contributed by atoms with Crippen LogP contribution in [0.1, 0.15) is 72.6 Å². The van der Waals surface area contributed by atoms with Gasteiger partial charge in [0.25, 0.3) is 10.1 Å². The molecule has 4 heteroatoms. The fraction of sp³-hybridized carbons (Fsp3) is 0.765. The summed E-state index contributed by atoms with van der Waals surface area (Å²) in [6.45, 7) is 8.49. The zero-order valence-corrected chi connectivity index (χ0v) is 14.7. The molecule has 0 aromatic rings. The first-order chi connectivity index (χ1) is 9.64. The van der Waals surface area contributed by atoms with Crippen molar-refractivity contribution in [3.63, 3.8) is 0 Å². The number of hydrogen-bond donors (Lipinski definition) is 1. The minimum Gasteiger partial charge on any atom is -0.282 e. The normalized spacial score (nSPS) is 23.1. The van der Waals surface area contributed by atoms with Crippen LogP contribution in [0.4, 0.5) is 0 Å². The van der Waals surface area contributed by atoms with Gasteiger partial charge in [-0.25, -0.2) is 0 Å². The molecule has 0 bridgehead atoms. The Bertz CT molecular complexity index is 500. The molecule has 1 aliphatic rings. The average molecular weight is 314 g/mol. The molecule has 1 atom stereocenters. The third-order valence-electron chi connectivity index (χ3n) is 4.28. The number of rotatable bonds is 8. The number of hydrogen-bond acceptors (Lipinski definition) is 2. The van der Waals surface area contributed by atoms with Crippen LogP contribution in [0.25, 0.3) is 0 Å². The second-order valence-corrected chi connectivity index (χ2v) is 8.52. The van der Waals surface area contributed by atoms with E-state index in [2.05, 4.69) is 20.8 Å². The van der Waals surface area contributed by atoms with Gasteiger partial charge >= 0.3 is 0 Å². The van der Waals surface area contributed by atoms with Gasteiger partial charge < -0.3 is 0 Å². The Morgan fingerprint density at radius 1 is 1.24 bits per heavy atom. The molecule has 1 N–H and O–H groups in total. The van der Waals surface area contributed by atoms with Crippen LogP contribution in [0.3, 0.4) is 0 Å². The molecule has 0 heterocycles. The van der Waals surface area contributed by atoms with Crippen LogP contribution in [-0.4, -0.2) is 13.0 Å². The van der Waals surface area contributed by atoms with Gasteiger partial charge in [0.15, 0.2) is 0 Å². The predicted octanol–water partition coefficient (Wildman–Crippen LogP) is 5.11. The third-order valence-corrected chi connectivity index (χ3v) is 5.32. The van der Waals surface area contributed by atoms with Gasteiger partial charge in [-0.15, -0.1) is 0 Å². The summed E-state index contributed by atoms with van der Waals surface area (Å²) in [5, 5.41) is 0. The molecule has 1 rings (SSSR count). The monoisotopic (exact) mass is 314 g/mol. The maximum absolute atomic E-state index is 11.2. The summed E-state index contributed by atoms with van der Waals surface area (Å²) < 4.78 is 31.6. The topological polar surface area (TPSA) is 54.4 Å². The van der Waals surface area contributed by atoms with E-state index in [1.165, 1.54) is 32.1 Å². The van der Waals surface area contributed by atoms with Crippen molar-refractivity contribution in [3.05, 3.63) is 22.6 Å². The molecular formula is C17H30O3S. The van der Waals surface area contributed by atoms with E-state index < -0.39 is 10.1 Å². The highest BCUT2D eigenvalue weighted by molar-refractivity contribution is 7.90. The molecule has 0 radical (unpaired) electrons. The van der Waals surface area contributed by atoms with Crippen molar-refractivity contribution in [3.8, 4) is 0 Å². The molecule has 0 saturated heterocycles. The highest BCUT2D eigenvalue weighted by atomic mass is 32.2. The Morgan fingerprint density at radius 3 is 2.38 bits per heavy atom. The lowest BCUT2D eigenvalue weighted by Crippen LogP contribution is -2.19. The van der Waals surface area contributed by atoms with Crippen molar-refractivity contribution in [2.24, 2.45) is 11.3 Å². The summed E-state index contributed by atoms with van der Waals surface area (Å²) in [5.41, 5.74) is 0.790. The Balaban J connectivity index is 2.41. The molecule has 21 heavy (non-hydrogen) atoms. The molecule has 0 saturated carbocycles. The lowest BCUT2D eigenvalue weighted by Gasteiger charge is -2.30. The second-order valence-electron chi connectivity index (χ2n) is 7.13. The molecule has 0 aromatic carbocycles. The van der Waals surface area contributed by atoms with Crippen molar-refractivity contribution in [2.75, 3.05) is 0 Å². The van der Waals surface area contributed by atoms with Gasteiger partial charge in [0.2, 0.25) is 0 Å². The van der Waals surface area contributed by atoms with Crippen LogP contribution < -0.4 is 0 Å². The first kappa shape index (κ1) is 18.4. The maximum Gasteiger partial charge on any atom is 0.294 e. The van der Waals surface area contributed by atoms with E-state index in [9.17, 15) is 8.42 Å². The van der Waals surface area contributed by atoms with Crippen LogP contribution in [0.2, 0.25) is 0 Å². The van der Waals surface area contributed by atoms with Crippen molar-refractivity contribution in [1.82, 2.24) is 0 Å². The van der Waals surface area contributed by atoms with E-state index in [0.29, 0.717) is 6.42 Å². The second kappa shape index (κ2) is 7.59. The largest absolute Gasteiger partial charge is 0.294 e. The zero-order valence-electron chi connectivity index (χ0n) is 13.9. The number of unbranched alkanes of at least 4 members (excludes halogenated alkanes) is 3. The van der Waals surface area contributed by atoms with Crippen LogP contribution >= 0.6 is 0 Å². The van der Waals surface area contributed by atoms with Gasteiger partial charge in [-0.1, -0.05) is 64.5 Å². The van der Waals surface area contributed by atoms with E-state index in [4.69, 9.17) is 4.55 Å². The van der Waals surface area contributed by atoms with Crippen LogP contribution in [0.15, 0.2) is 22.6 Å². The van der Waals surface area contributed by atoms with Gasteiger partial charge in [0.05, 0.1) is 4.91 Å². The smallest absolute Gasteiger partial charge is 0.282 e. The van der Waals surface area contributed by atoms with Gasteiger partial charge in [-0.05, 0) is 37.2 Å². The highest BCUT2D eigenvalue weighted by Gasteiger charge is 2.28. The summed E-state index contributed by atoms with van der Waals surface area (Å²) in [4.78, 5) is 0.0805. The molecule has 0 aromatic heterocycles. The van der Waals surface area contributed by atoms with Crippen LogP contribution in [0.5, 0.6) is 0 Å². The van der Waals surface area contributed by atoms with E-state index in [1.807, 2.05) is 6.08 Å². The Labute approximate surface area is 130 Å². The minimum absolute atomic E-state index is 0.0241. The van der Waals surface area contributed by atoms with Crippen molar-refractivity contribution < 1.29 is 13.0 Å². The van der Waals surface area contributed by atoms with Gasteiger partial charge in [-0.2, -0.15) is 8.42 Å². The standard InChI is InChI=1S/C17H30O3S/c1-14(2)9-7-5-6-8-11-17(4)12-10-16(15(3)13-17)21(18,19)20/h10,12,14H,5-9,11,13H2,1-4H3,(H,18,19,20)/t17-/m0/s1. The van der Waals surface area contributed by atoms with Gasteiger partial charge in [0, 0.05) is 0 Å². The molecule has 0 amide bonds. The molecule has 0 spiro atoms. The predicted molar refractivity (Wildman–Crippen MR) is 88.7 cm³/mol. The molecule has 0 fully saturated rings. The molecule has 0 aliphatic heterocycles. The SMILES string of the molecule is CC1=C(S(=O)(=O)O)C=C[C@](C)(CCCCCCC(C)C)C1. The maximum atomic E-state index is 11.2. The van der Waals surface area contributed by atoms with Gasteiger partial charge in [-0.3, -0.25) is 4.55 Å². The lowest BCUT2D eigenvalue weighted by atomic mass is 9.76. The van der Waals surface area contributed by atoms with E-state index in [1.54, 1.807) is 13.0 Å². The van der Waals surface area contributed by atoms with Crippen LogP contribution in [0, 0.1) is 11.3 Å². The van der Waals surface area contributed by atoms with E-state index >= 15 is 0 Å². The summed E-state index contributed by atoms with van der Waals surface area (Å²) in [7, 11) is -4.07. The first-order valence-corrected chi connectivity index (χ1v) is 9.44. The molecular weight excluding hydrogens is 284 g/mol. The minimum atomic E-state index is -4.07. The summed E-state index contributed by atoms with van der Waals surface area (Å²) >= 11 is 0. The van der Waals surface area contributed by atoms with E-state index in [-0.39, 0.29) is 10.3 Å². The first-order valence-electron chi connectivity index (χ1n) is 8.00. The summed E-state index contributed by atoms with van der Waals surface area (Å²) in [6, 6.07) is 0. The van der Waals surface area contributed by atoms with Crippen molar-refractivity contribution >= 4 is 10.1 Å². The Morgan fingerprint density at radius 2 is 1.86 bits per heavy atom. The lowest BCUT2D eigenvalue weighted by molar-refractivity contribution is 0.360. The van der Waals surface area contributed by atoms with Crippen molar-refractivity contribution in [1.29, 1.82) is 0 Å². The average Bonchev–Trinajstić information content (AvgIpc) is 2.31. The third kappa shape index (κ3) is 6.35. The molecule has 122 valence electrons. The quantitative estimate of drug-likeness (QED) is 0.500. The highest BCUT2D eigenvalue weighted by Crippen LogP contribution is 2.39. The van der Waals surface area contributed by atoms with E-state index in [0.717, 1.165) is 17.9 Å². The Kier molecular flexibility index (Phi) is 6.67. The number of allylic oxidation sites excluding steroid dienone is 3. The fourth-order valence-electron chi connectivity index (χ4n) is 3.08. The van der Waals surface area contributed by atoms with Gasteiger partial charge in [0.1, 0.15) is 0 Å². The summed E-state index contributed by atoms with van der Waals surface area (Å²) in [5.74, 6) is 0.787. The van der Waals surface area contributed by atoms with Crippen molar-refractivity contribution in [2.45, 2.75) is 72.6 Å². The zero-order chi connectivity index (χ0) is 16.1. The fourth-order valence-corrected chi connectivity index (χ4v) is 3.84. The molecule has 1 aliphatic carbocycles. The Hall–Kier alpha value is -0.610. The summed E-state index contributed by atoms with van der Waals surface area (Å²) in [6.07, 6.45) is 11.6. The molecule has 0 unspecified atom stereocenters. The molecule has 3 nitrogen and oxygen atoms in total.